The smallest absolute Gasteiger partial charge is 0.321 e. The van der Waals surface area contributed by atoms with Gasteiger partial charge in [0, 0.05) is 24.0 Å². The van der Waals surface area contributed by atoms with Gasteiger partial charge in [0.05, 0.1) is 38.6 Å². The molecule has 8 heteroatoms. The summed E-state index contributed by atoms with van der Waals surface area (Å²) < 4.78 is 10.7. The molecule has 0 fully saturated rings. The highest BCUT2D eigenvalue weighted by Gasteiger charge is 2.14. The van der Waals surface area contributed by atoms with E-state index in [0.29, 0.717) is 30.2 Å². The molecule has 0 bridgehead atoms. The number of rotatable bonds is 11. The van der Waals surface area contributed by atoms with E-state index < -0.39 is 6.10 Å². The van der Waals surface area contributed by atoms with Crippen LogP contribution >= 0.6 is 0 Å². The van der Waals surface area contributed by atoms with Crippen LogP contribution in [0.2, 0.25) is 0 Å². The lowest BCUT2D eigenvalue weighted by molar-refractivity contribution is -0.0144. The first kappa shape index (κ1) is 24.3. The van der Waals surface area contributed by atoms with Crippen LogP contribution in [0.15, 0.2) is 54.6 Å². The minimum atomic E-state index is -0.807. The largest absolute Gasteiger partial charge is 0.389 e. The van der Waals surface area contributed by atoms with Crippen molar-refractivity contribution in [2.24, 2.45) is 0 Å². The summed E-state index contributed by atoms with van der Waals surface area (Å²) in [5, 5.41) is 15.6. The molecular weight excluding hydrogens is 398 g/mol. The second-order valence-electron chi connectivity index (χ2n) is 7.36. The monoisotopic (exact) mass is 429 g/mol. The number of aliphatic hydroxyl groups is 1. The molecule has 3 amide bonds. The van der Waals surface area contributed by atoms with Gasteiger partial charge >= 0.3 is 6.03 Å². The number of hydrogen-bond donors (Lipinski definition) is 3. The lowest BCUT2D eigenvalue weighted by atomic mass is 10.2. The normalized spacial score (nSPS) is 11.8. The average Bonchev–Trinajstić information content (AvgIpc) is 2.74. The van der Waals surface area contributed by atoms with Crippen molar-refractivity contribution in [2.75, 3.05) is 44.0 Å². The highest BCUT2D eigenvalue weighted by molar-refractivity contribution is 6.04. The van der Waals surface area contributed by atoms with Crippen molar-refractivity contribution in [3.8, 4) is 0 Å². The SMILES string of the molecule is CC(C)OCCOCC(O)CN(C)C(=O)Nc1ccc(C(=O)Nc2ccccc2)cc1. The lowest BCUT2D eigenvalue weighted by Crippen LogP contribution is -2.39. The molecule has 2 aromatic rings. The molecule has 0 saturated heterocycles. The van der Waals surface area contributed by atoms with Crippen LogP contribution in [0.1, 0.15) is 24.2 Å². The molecule has 1 atom stereocenters. The Morgan fingerprint density at radius 3 is 2.26 bits per heavy atom. The van der Waals surface area contributed by atoms with Gasteiger partial charge in [0.15, 0.2) is 0 Å². The molecule has 0 saturated carbocycles. The number of likely N-dealkylation sites (N-methyl/N-ethyl adjacent to an activating group) is 1. The topological polar surface area (TPSA) is 100 Å². The van der Waals surface area contributed by atoms with Gasteiger partial charge in [-0.1, -0.05) is 18.2 Å². The van der Waals surface area contributed by atoms with Crippen LogP contribution in [0.4, 0.5) is 16.2 Å². The molecule has 168 valence electrons. The number of ether oxygens (including phenoxy) is 2. The van der Waals surface area contributed by atoms with Gasteiger partial charge in [-0.25, -0.2) is 4.79 Å². The number of anilines is 2. The third-order valence-corrected chi connectivity index (χ3v) is 4.25. The molecule has 0 aliphatic heterocycles. The van der Waals surface area contributed by atoms with Crippen LogP contribution < -0.4 is 10.6 Å². The number of carbonyl (C=O) groups excluding carboxylic acids is 2. The molecule has 8 nitrogen and oxygen atoms in total. The van der Waals surface area contributed by atoms with Crippen molar-refractivity contribution < 1.29 is 24.2 Å². The predicted octanol–water partition coefficient (Wildman–Crippen LogP) is 3.21. The van der Waals surface area contributed by atoms with E-state index in [1.54, 1.807) is 43.4 Å². The first-order valence-electron chi connectivity index (χ1n) is 10.2. The molecule has 0 heterocycles. The average molecular weight is 430 g/mol. The maximum Gasteiger partial charge on any atom is 0.321 e. The maximum atomic E-state index is 12.3. The van der Waals surface area contributed by atoms with Gasteiger partial charge in [-0.05, 0) is 50.2 Å². The van der Waals surface area contributed by atoms with E-state index in [4.69, 9.17) is 9.47 Å². The Bertz CT molecular complexity index is 812. The molecular formula is C23H31N3O5. The minimum Gasteiger partial charge on any atom is -0.389 e. The van der Waals surface area contributed by atoms with Crippen molar-refractivity contribution in [3.05, 3.63) is 60.2 Å². The van der Waals surface area contributed by atoms with Crippen LogP contribution in [0.3, 0.4) is 0 Å². The molecule has 0 aliphatic rings. The van der Waals surface area contributed by atoms with Gasteiger partial charge in [-0.3, -0.25) is 4.79 Å². The standard InChI is InChI=1S/C23H31N3O5/c1-17(2)31-14-13-30-16-21(27)15-26(3)23(29)25-20-11-9-18(10-12-20)22(28)24-19-7-5-4-6-8-19/h4-12,17,21,27H,13-16H2,1-3H3,(H,24,28)(H,25,29). The predicted molar refractivity (Wildman–Crippen MR) is 120 cm³/mol. The van der Waals surface area contributed by atoms with Gasteiger partial charge in [0.2, 0.25) is 0 Å². The zero-order chi connectivity index (χ0) is 22.6. The summed E-state index contributed by atoms with van der Waals surface area (Å²) in [6, 6.07) is 15.4. The Morgan fingerprint density at radius 2 is 1.61 bits per heavy atom. The summed E-state index contributed by atoms with van der Waals surface area (Å²) in [7, 11) is 1.59. The summed E-state index contributed by atoms with van der Waals surface area (Å²) in [6.07, 6.45) is -0.672. The van der Waals surface area contributed by atoms with E-state index in [9.17, 15) is 14.7 Å². The van der Waals surface area contributed by atoms with E-state index in [-0.39, 0.29) is 31.2 Å². The van der Waals surface area contributed by atoms with E-state index in [0.717, 1.165) is 0 Å². The van der Waals surface area contributed by atoms with Crippen LogP contribution in [0.5, 0.6) is 0 Å². The first-order chi connectivity index (χ1) is 14.8. The third kappa shape index (κ3) is 9.17. The number of aliphatic hydroxyl groups excluding tert-OH is 1. The molecule has 31 heavy (non-hydrogen) atoms. The number of para-hydroxylation sites is 1. The van der Waals surface area contributed by atoms with Crippen molar-refractivity contribution in [1.82, 2.24) is 4.90 Å². The zero-order valence-electron chi connectivity index (χ0n) is 18.2. The summed E-state index contributed by atoms with van der Waals surface area (Å²) in [4.78, 5) is 26.0. The molecule has 0 aromatic heterocycles. The van der Waals surface area contributed by atoms with E-state index in [2.05, 4.69) is 10.6 Å². The zero-order valence-corrected chi connectivity index (χ0v) is 18.2. The molecule has 2 aromatic carbocycles. The number of nitrogens with one attached hydrogen (secondary N) is 2. The number of hydrogen-bond acceptors (Lipinski definition) is 5. The Balaban J connectivity index is 1.75. The van der Waals surface area contributed by atoms with Gasteiger partial charge in [0.25, 0.3) is 5.91 Å². The maximum absolute atomic E-state index is 12.3. The fraction of sp³-hybridized carbons (Fsp3) is 0.391. The fourth-order valence-corrected chi connectivity index (χ4v) is 2.66. The molecule has 3 N–H and O–H groups in total. The van der Waals surface area contributed by atoms with Gasteiger partial charge < -0.3 is 30.1 Å². The molecule has 2 rings (SSSR count). The van der Waals surface area contributed by atoms with Gasteiger partial charge in [-0.15, -0.1) is 0 Å². The fourth-order valence-electron chi connectivity index (χ4n) is 2.66. The van der Waals surface area contributed by atoms with Crippen molar-refractivity contribution in [3.63, 3.8) is 0 Å². The third-order valence-electron chi connectivity index (χ3n) is 4.25. The van der Waals surface area contributed by atoms with Crippen molar-refractivity contribution in [2.45, 2.75) is 26.1 Å². The van der Waals surface area contributed by atoms with Crippen LogP contribution in [0, 0.1) is 0 Å². The Kier molecular flexibility index (Phi) is 9.96. The van der Waals surface area contributed by atoms with E-state index >= 15 is 0 Å². The van der Waals surface area contributed by atoms with Crippen LogP contribution in [-0.4, -0.2) is 67.6 Å². The highest BCUT2D eigenvalue weighted by Crippen LogP contribution is 2.13. The molecule has 0 spiro atoms. The number of nitrogens with zero attached hydrogens (tertiary/aromatic N) is 1. The van der Waals surface area contributed by atoms with E-state index in [1.807, 2.05) is 32.0 Å². The number of urea groups is 1. The number of amides is 3. The van der Waals surface area contributed by atoms with Crippen LogP contribution in [-0.2, 0) is 9.47 Å². The second-order valence-corrected chi connectivity index (χ2v) is 7.36. The second kappa shape index (κ2) is 12.7. The van der Waals surface area contributed by atoms with Gasteiger partial charge in [0.1, 0.15) is 0 Å². The highest BCUT2D eigenvalue weighted by atomic mass is 16.5. The lowest BCUT2D eigenvalue weighted by Gasteiger charge is -2.21. The summed E-state index contributed by atoms with van der Waals surface area (Å²) in [6.45, 7) is 4.96. The Hall–Kier alpha value is -2.94. The summed E-state index contributed by atoms with van der Waals surface area (Å²) in [5.41, 5.74) is 1.73. The molecule has 1 unspecified atom stereocenters. The Morgan fingerprint density at radius 1 is 0.968 bits per heavy atom. The van der Waals surface area contributed by atoms with Crippen molar-refractivity contribution >= 4 is 23.3 Å². The van der Waals surface area contributed by atoms with E-state index in [1.165, 1.54) is 4.90 Å². The summed E-state index contributed by atoms with van der Waals surface area (Å²) in [5.74, 6) is -0.233. The number of carbonyl (C=O) groups is 2. The number of benzene rings is 2. The minimum absolute atomic E-state index is 0.115. The molecule has 0 radical (unpaired) electrons. The Labute approximate surface area is 183 Å². The summed E-state index contributed by atoms with van der Waals surface area (Å²) >= 11 is 0. The molecule has 0 aliphatic carbocycles. The first-order valence-corrected chi connectivity index (χ1v) is 10.2. The van der Waals surface area contributed by atoms with Gasteiger partial charge in [-0.2, -0.15) is 0 Å². The van der Waals surface area contributed by atoms with Crippen molar-refractivity contribution in [1.29, 1.82) is 0 Å². The van der Waals surface area contributed by atoms with Crippen LogP contribution in [0.25, 0.3) is 0 Å². The quantitative estimate of drug-likeness (QED) is 0.476.